The third kappa shape index (κ3) is 5.93. The van der Waals surface area contributed by atoms with Crippen LogP contribution in [0.3, 0.4) is 0 Å². The molecule has 2 amide bonds. The molecule has 2 aromatic carbocycles. The van der Waals surface area contributed by atoms with Crippen LogP contribution in [0.2, 0.25) is 0 Å². The number of carbonyl (C=O) groups excluding carboxylic acids is 3. The van der Waals surface area contributed by atoms with Crippen LogP contribution in [0.15, 0.2) is 36.4 Å². The number of rotatable bonds is 9. The largest absolute Gasteiger partial charge is 0.493 e. The zero-order valence-corrected chi connectivity index (χ0v) is 20.4. The van der Waals surface area contributed by atoms with Gasteiger partial charge in [-0.05, 0) is 68.5 Å². The number of anilines is 1. The maximum Gasteiger partial charge on any atom is 0.265 e. The van der Waals surface area contributed by atoms with Crippen LogP contribution in [0, 0.1) is 6.92 Å². The van der Waals surface area contributed by atoms with Crippen molar-refractivity contribution < 1.29 is 28.6 Å². The second-order valence-corrected chi connectivity index (χ2v) is 8.93. The molecule has 35 heavy (non-hydrogen) atoms. The van der Waals surface area contributed by atoms with E-state index in [0.717, 1.165) is 31.5 Å². The Morgan fingerprint density at radius 3 is 2.60 bits per heavy atom. The Hall–Kier alpha value is -3.55. The van der Waals surface area contributed by atoms with Gasteiger partial charge in [-0.1, -0.05) is 6.07 Å². The van der Waals surface area contributed by atoms with E-state index in [9.17, 15) is 14.4 Å². The molecular weight excluding hydrogens is 448 g/mol. The molecule has 2 heterocycles. The number of fused-ring (bicyclic) bond motifs is 1. The smallest absolute Gasteiger partial charge is 0.265 e. The average molecular weight is 481 g/mol. The molecule has 0 unspecified atom stereocenters. The fourth-order valence-corrected chi connectivity index (χ4v) is 4.43. The van der Waals surface area contributed by atoms with Gasteiger partial charge in [-0.25, -0.2) is 0 Å². The number of benzene rings is 2. The highest BCUT2D eigenvalue weighted by molar-refractivity contribution is 6.02. The highest BCUT2D eigenvalue weighted by Crippen LogP contribution is 2.34. The molecular formula is C27H32N2O6. The Morgan fingerprint density at radius 2 is 1.83 bits per heavy atom. The van der Waals surface area contributed by atoms with Gasteiger partial charge in [0.25, 0.3) is 5.91 Å². The van der Waals surface area contributed by atoms with Gasteiger partial charge in [0.15, 0.2) is 30.5 Å². The molecule has 0 N–H and O–H groups in total. The molecule has 1 fully saturated rings. The minimum absolute atomic E-state index is 0.0588. The first-order chi connectivity index (χ1) is 17.0. The number of piperidine rings is 1. The number of nitrogens with zero attached hydrogens (tertiary/aromatic N) is 2. The first-order valence-corrected chi connectivity index (χ1v) is 12.1. The van der Waals surface area contributed by atoms with Crippen molar-refractivity contribution in [1.82, 2.24) is 4.90 Å². The summed E-state index contributed by atoms with van der Waals surface area (Å²) in [6.07, 6.45) is 4.23. The molecule has 0 atom stereocenters. The number of amides is 2. The number of likely N-dealkylation sites (tertiary alicyclic amines) is 1. The van der Waals surface area contributed by atoms with E-state index in [1.807, 2.05) is 24.0 Å². The van der Waals surface area contributed by atoms with Gasteiger partial charge in [0, 0.05) is 31.6 Å². The van der Waals surface area contributed by atoms with Crippen molar-refractivity contribution in [3.05, 3.63) is 47.5 Å². The van der Waals surface area contributed by atoms with Gasteiger partial charge in [-0.15, -0.1) is 0 Å². The predicted molar refractivity (Wildman–Crippen MR) is 132 cm³/mol. The second kappa shape index (κ2) is 11.3. The topological polar surface area (TPSA) is 85.4 Å². The molecule has 2 aliphatic heterocycles. The summed E-state index contributed by atoms with van der Waals surface area (Å²) in [6, 6.07) is 10.5. The highest BCUT2D eigenvalue weighted by Gasteiger charge is 2.27. The van der Waals surface area contributed by atoms with E-state index >= 15 is 0 Å². The van der Waals surface area contributed by atoms with E-state index in [-0.39, 0.29) is 30.8 Å². The first-order valence-electron chi connectivity index (χ1n) is 12.1. The van der Waals surface area contributed by atoms with Crippen LogP contribution in [0.25, 0.3) is 0 Å². The molecule has 4 rings (SSSR count). The van der Waals surface area contributed by atoms with Gasteiger partial charge in [-0.2, -0.15) is 0 Å². The summed E-state index contributed by atoms with van der Waals surface area (Å²) in [4.78, 5) is 41.5. The van der Waals surface area contributed by atoms with E-state index < -0.39 is 0 Å². The number of hydrogen-bond acceptors (Lipinski definition) is 6. The normalized spacial score (nSPS) is 15.3. The highest BCUT2D eigenvalue weighted by atomic mass is 16.5. The fraction of sp³-hybridized carbons (Fsp3) is 0.444. The van der Waals surface area contributed by atoms with Crippen molar-refractivity contribution in [1.29, 1.82) is 0 Å². The Bertz CT molecular complexity index is 1090. The third-order valence-electron chi connectivity index (χ3n) is 6.38. The maximum atomic E-state index is 12.9. The molecule has 0 aromatic heterocycles. The van der Waals surface area contributed by atoms with Gasteiger partial charge in [0.2, 0.25) is 5.91 Å². The number of ether oxygens (including phenoxy) is 3. The van der Waals surface area contributed by atoms with E-state index in [1.54, 1.807) is 36.3 Å². The van der Waals surface area contributed by atoms with Crippen molar-refractivity contribution in [3.63, 3.8) is 0 Å². The molecule has 2 aliphatic rings. The predicted octanol–water partition coefficient (Wildman–Crippen LogP) is 3.78. The third-order valence-corrected chi connectivity index (χ3v) is 6.38. The molecule has 2 aromatic rings. The van der Waals surface area contributed by atoms with Crippen molar-refractivity contribution in [2.24, 2.45) is 0 Å². The summed E-state index contributed by atoms with van der Waals surface area (Å²) in [5.41, 5.74) is 1.99. The van der Waals surface area contributed by atoms with E-state index in [0.29, 0.717) is 47.9 Å². The van der Waals surface area contributed by atoms with Crippen LogP contribution in [0.4, 0.5) is 5.69 Å². The number of methoxy groups -OCH3 is 1. The van der Waals surface area contributed by atoms with Crippen molar-refractivity contribution >= 4 is 23.3 Å². The Balaban J connectivity index is 1.40. The van der Waals surface area contributed by atoms with Crippen LogP contribution < -0.4 is 19.1 Å². The lowest BCUT2D eigenvalue weighted by Gasteiger charge is -2.30. The number of ketones is 1. The molecule has 8 nitrogen and oxygen atoms in total. The lowest BCUT2D eigenvalue weighted by molar-refractivity contribution is -0.132. The SMILES string of the molecule is COc1cc(C)ccc1OCC(=O)c1ccc2c(c1)N(CCCC(=O)N1CCCCC1)C(=O)CO2. The summed E-state index contributed by atoms with van der Waals surface area (Å²) in [6.45, 7) is 3.75. The van der Waals surface area contributed by atoms with Crippen LogP contribution in [0.5, 0.6) is 17.2 Å². The number of carbonyl (C=O) groups is 3. The average Bonchev–Trinajstić information content (AvgIpc) is 2.89. The van der Waals surface area contributed by atoms with E-state index in [4.69, 9.17) is 14.2 Å². The Kier molecular flexibility index (Phi) is 7.90. The van der Waals surface area contributed by atoms with E-state index in [2.05, 4.69) is 0 Å². The number of Topliss-reactive ketones (excluding diaryl/α,β-unsaturated/α-hetero) is 1. The van der Waals surface area contributed by atoms with Crippen molar-refractivity contribution in [2.75, 3.05) is 44.9 Å². The maximum absolute atomic E-state index is 12.9. The molecule has 186 valence electrons. The standard InChI is InChI=1S/C27H32N2O6/c1-19-8-10-24(25(15-19)33-2)34-17-22(30)20-9-11-23-21(16-20)29(27(32)18-35-23)14-6-7-26(31)28-12-4-3-5-13-28/h8-11,15-16H,3-7,12-14,17-18H2,1-2H3. The molecule has 1 saturated heterocycles. The minimum Gasteiger partial charge on any atom is -0.493 e. The van der Waals surface area contributed by atoms with Crippen LogP contribution in [-0.2, 0) is 9.59 Å². The Morgan fingerprint density at radius 1 is 1.03 bits per heavy atom. The number of hydrogen-bond donors (Lipinski definition) is 0. The van der Waals surface area contributed by atoms with Crippen LogP contribution in [0.1, 0.15) is 48.0 Å². The van der Waals surface area contributed by atoms with Gasteiger partial charge < -0.3 is 24.0 Å². The van der Waals surface area contributed by atoms with Gasteiger partial charge in [-0.3, -0.25) is 14.4 Å². The van der Waals surface area contributed by atoms with Gasteiger partial charge in [0.05, 0.1) is 12.8 Å². The van der Waals surface area contributed by atoms with Gasteiger partial charge in [0.1, 0.15) is 5.75 Å². The summed E-state index contributed by atoms with van der Waals surface area (Å²) < 4.78 is 16.6. The fourth-order valence-electron chi connectivity index (χ4n) is 4.43. The van der Waals surface area contributed by atoms with Crippen molar-refractivity contribution in [2.45, 2.75) is 39.0 Å². The minimum atomic E-state index is -0.228. The molecule has 0 bridgehead atoms. The van der Waals surface area contributed by atoms with E-state index in [1.165, 1.54) is 6.42 Å². The molecule has 0 spiro atoms. The number of aryl methyl sites for hydroxylation is 1. The Labute approximate surface area is 205 Å². The second-order valence-electron chi connectivity index (χ2n) is 8.93. The summed E-state index contributed by atoms with van der Waals surface area (Å²) in [7, 11) is 1.55. The molecule has 8 heteroatoms. The first kappa shape index (κ1) is 24.6. The zero-order chi connectivity index (χ0) is 24.8. The summed E-state index contributed by atoms with van der Waals surface area (Å²) in [5.74, 6) is 1.32. The molecule has 0 radical (unpaired) electrons. The monoisotopic (exact) mass is 480 g/mol. The summed E-state index contributed by atoms with van der Waals surface area (Å²) in [5, 5.41) is 0. The lowest BCUT2D eigenvalue weighted by atomic mass is 10.1. The molecule has 0 aliphatic carbocycles. The van der Waals surface area contributed by atoms with Gasteiger partial charge >= 0.3 is 0 Å². The quantitative estimate of drug-likeness (QED) is 0.508. The molecule has 0 saturated carbocycles. The van der Waals surface area contributed by atoms with Crippen LogP contribution in [-0.4, -0.2) is 62.5 Å². The lowest BCUT2D eigenvalue weighted by Crippen LogP contribution is -2.40. The summed E-state index contributed by atoms with van der Waals surface area (Å²) >= 11 is 0. The zero-order valence-electron chi connectivity index (χ0n) is 20.4. The van der Waals surface area contributed by atoms with Crippen LogP contribution >= 0.6 is 0 Å². The van der Waals surface area contributed by atoms with Crippen molar-refractivity contribution in [3.8, 4) is 17.2 Å².